The summed E-state index contributed by atoms with van der Waals surface area (Å²) >= 11 is 0. The van der Waals surface area contributed by atoms with Gasteiger partial charge in [0.05, 0.1) is 25.9 Å². The van der Waals surface area contributed by atoms with E-state index in [1.807, 2.05) is 54.6 Å². The number of esters is 1. The van der Waals surface area contributed by atoms with E-state index >= 15 is 0 Å². The number of piperidine rings is 1. The first-order chi connectivity index (χ1) is 21.3. The molecule has 1 aliphatic rings. The van der Waals surface area contributed by atoms with Gasteiger partial charge >= 0.3 is 5.97 Å². The molecule has 2 aromatic rings. The van der Waals surface area contributed by atoms with Crippen molar-refractivity contribution in [2.75, 3.05) is 33.4 Å². The van der Waals surface area contributed by atoms with Crippen LogP contribution in [0.15, 0.2) is 54.6 Å². The lowest BCUT2D eigenvalue weighted by Gasteiger charge is -2.29. The molecule has 44 heavy (non-hydrogen) atoms. The summed E-state index contributed by atoms with van der Waals surface area (Å²) in [5, 5.41) is 20.0. The van der Waals surface area contributed by atoms with E-state index in [1.54, 1.807) is 18.9 Å². The molecule has 3 atom stereocenters. The number of nitrogens with zero attached hydrogens (tertiary/aromatic N) is 1. The summed E-state index contributed by atoms with van der Waals surface area (Å²) < 4.78 is 10.1. The van der Waals surface area contributed by atoms with Gasteiger partial charge in [0.1, 0.15) is 18.2 Å². The van der Waals surface area contributed by atoms with Crippen LogP contribution in [0.3, 0.4) is 0 Å². The van der Waals surface area contributed by atoms with Gasteiger partial charge in [0.15, 0.2) is 0 Å². The Bertz CT molecular complexity index is 1200. The Morgan fingerprint density at radius 1 is 0.955 bits per heavy atom. The van der Waals surface area contributed by atoms with Crippen molar-refractivity contribution in [1.29, 1.82) is 0 Å². The lowest BCUT2D eigenvalue weighted by atomic mass is 9.99. The van der Waals surface area contributed by atoms with Crippen molar-refractivity contribution in [3.05, 3.63) is 65.7 Å². The van der Waals surface area contributed by atoms with Crippen LogP contribution in [0.5, 0.6) is 5.75 Å². The first-order valence-electron chi connectivity index (χ1n) is 15.4. The van der Waals surface area contributed by atoms with Crippen molar-refractivity contribution in [1.82, 2.24) is 20.9 Å². The van der Waals surface area contributed by atoms with Crippen molar-refractivity contribution in [3.8, 4) is 5.75 Å². The molecule has 1 heterocycles. The number of nitrogens with one attached hydrogen (secondary N) is 3. The number of hydrogen-bond acceptors (Lipinski definition) is 8. The number of carbonyl (C=O) groups is 4. The van der Waals surface area contributed by atoms with Crippen LogP contribution in [-0.4, -0.2) is 85.2 Å². The molecule has 1 unspecified atom stereocenters. The predicted molar refractivity (Wildman–Crippen MR) is 166 cm³/mol. The van der Waals surface area contributed by atoms with Crippen LogP contribution in [0, 0.1) is 0 Å². The highest BCUT2D eigenvalue weighted by Crippen LogP contribution is 2.14. The normalized spacial score (nSPS) is 15.0. The van der Waals surface area contributed by atoms with Crippen molar-refractivity contribution >= 4 is 23.7 Å². The summed E-state index contributed by atoms with van der Waals surface area (Å²) in [4.78, 5) is 52.9. The van der Waals surface area contributed by atoms with Crippen molar-refractivity contribution in [2.24, 2.45) is 0 Å². The molecule has 4 N–H and O–H groups in total. The second kappa shape index (κ2) is 18.6. The highest BCUT2D eigenvalue weighted by molar-refractivity contribution is 5.97. The zero-order chi connectivity index (χ0) is 31.7. The molecule has 0 bridgehead atoms. The Hall–Kier alpha value is -3.96. The maximum absolute atomic E-state index is 13.6. The standard InChI is InChI=1S/C33H46N4O7/c1-3-44-32(41)21-30(39)35-27(15-16-31(40)37-17-8-5-9-18-37)33(42)36-28(20-24-11-6-4-7-12-24)29(38)23-34-22-25-13-10-14-26(19-25)43-2/h4,6-7,10-14,19,27-29,34,38H,3,5,8-9,15-18,20-23H2,1-2H3,(H,35,39)(H,36,42)/t27-,28+,29?/m1/s1. The Labute approximate surface area is 259 Å². The van der Waals surface area contributed by atoms with E-state index < -0.39 is 42.4 Å². The number of hydrogen-bond donors (Lipinski definition) is 4. The van der Waals surface area contributed by atoms with E-state index in [0.717, 1.165) is 36.1 Å². The number of rotatable bonds is 17. The zero-order valence-corrected chi connectivity index (χ0v) is 25.8. The smallest absolute Gasteiger partial charge is 0.315 e. The SMILES string of the molecule is CCOC(=O)CC(=O)N[C@H](CCC(=O)N1CCCCC1)C(=O)N[C@@H](Cc1ccccc1)C(O)CNCc1cccc(OC)c1. The van der Waals surface area contributed by atoms with Gasteiger partial charge in [0.25, 0.3) is 0 Å². The third-order valence-electron chi connectivity index (χ3n) is 7.52. The first kappa shape index (κ1) is 34.5. The Morgan fingerprint density at radius 3 is 2.39 bits per heavy atom. The van der Waals surface area contributed by atoms with Crippen LogP contribution in [0.2, 0.25) is 0 Å². The number of amides is 3. The largest absolute Gasteiger partial charge is 0.497 e. The Kier molecular flexibility index (Phi) is 14.6. The quantitative estimate of drug-likeness (QED) is 0.157. The van der Waals surface area contributed by atoms with Gasteiger partial charge in [-0.05, 0) is 62.3 Å². The van der Waals surface area contributed by atoms with Crippen LogP contribution in [0.1, 0.15) is 56.6 Å². The van der Waals surface area contributed by atoms with Gasteiger partial charge in [-0.2, -0.15) is 0 Å². The number of methoxy groups -OCH3 is 1. The summed E-state index contributed by atoms with van der Waals surface area (Å²) in [6, 6.07) is 15.3. The molecule has 3 rings (SSSR count). The third kappa shape index (κ3) is 12.0. The van der Waals surface area contributed by atoms with E-state index in [4.69, 9.17) is 9.47 Å². The lowest BCUT2D eigenvalue weighted by Crippen LogP contribution is -2.55. The van der Waals surface area contributed by atoms with Gasteiger partial charge < -0.3 is 35.4 Å². The fourth-order valence-electron chi connectivity index (χ4n) is 5.15. The molecule has 2 aromatic carbocycles. The van der Waals surface area contributed by atoms with E-state index in [1.165, 1.54) is 0 Å². The van der Waals surface area contributed by atoms with Crippen LogP contribution in [-0.2, 0) is 36.9 Å². The maximum Gasteiger partial charge on any atom is 0.315 e. The minimum absolute atomic E-state index is 0.0535. The van der Waals surface area contributed by atoms with Gasteiger partial charge in [-0.15, -0.1) is 0 Å². The van der Waals surface area contributed by atoms with Crippen molar-refractivity contribution in [3.63, 3.8) is 0 Å². The molecule has 240 valence electrons. The Morgan fingerprint density at radius 2 is 1.68 bits per heavy atom. The van der Waals surface area contributed by atoms with Crippen LogP contribution in [0.25, 0.3) is 0 Å². The first-order valence-corrected chi connectivity index (χ1v) is 15.4. The molecular weight excluding hydrogens is 564 g/mol. The van der Waals surface area contributed by atoms with Crippen LogP contribution in [0.4, 0.5) is 0 Å². The molecule has 0 radical (unpaired) electrons. The monoisotopic (exact) mass is 610 g/mol. The van der Waals surface area contributed by atoms with Gasteiger partial charge in [-0.1, -0.05) is 42.5 Å². The molecule has 11 heteroatoms. The second-order valence-corrected chi connectivity index (χ2v) is 10.9. The third-order valence-corrected chi connectivity index (χ3v) is 7.52. The van der Waals surface area contributed by atoms with Gasteiger partial charge in [0, 0.05) is 32.6 Å². The second-order valence-electron chi connectivity index (χ2n) is 10.9. The lowest BCUT2D eigenvalue weighted by molar-refractivity contribution is -0.147. The molecule has 0 aliphatic carbocycles. The number of ether oxygens (including phenoxy) is 2. The molecule has 3 amide bonds. The van der Waals surface area contributed by atoms with E-state index in [0.29, 0.717) is 26.1 Å². The average molecular weight is 611 g/mol. The summed E-state index contributed by atoms with van der Waals surface area (Å²) in [6.07, 6.45) is 1.90. The molecule has 1 fully saturated rings. The summed E-state index contributed by atoms with van der Waals surface area (Å²) in [5.74, 6) is -1.26. The highest BCUT2D eigenvalue weighted by atomic mass is 16.5. The number of benzene rings is 2. The van der Waals surface area contributed by atoms with Gasteiger partial charge in [-0.3, -0.25) is 19.2 Å². The molecule has 0 spiro atoms. The van der Waals surface area contributed by atoms with Crippen LogP contribution >= 0.6 is 0 Å². The molecule has 1 saturated heterocycles. The minimum atomic E-state index is -1.08. The zero-order valence-electron chi connectivity index (χ0n) is 25.8. The van der Waals surface area contributed by atoms with Gasteiger partial charge in [0.2, 0.25) is 17.7 Å². The number of likely N-dealkylation sites (tertiary alicyclic amines) is 1. The Balaban J connectivity index is 1.70. The van der Waals surface area contributed by atoms with Crippen molar-refractivity contribution < 1.29 is 33.8 Å². The molecular formula is C33H46N4O7. The summed E-state index contributed by atoms with van der Waals surface area (Å²) in [7, 11) is 1.60. The fourth-order valence-corrected chi connectivity index (χ4v) is 5.15. The number of carbonyl (C=O) groups excluding carboxylic acids is 4. The molecule has 0 saturated carbocycles. The minimum Gasteiger partial charge on any atom is -0.497 e. The predicted octanol–water partition coefficient (Wildman–Crippen LogP) is 2.10. The fraction of sp³-hybridized carbons (Fsp3) is 0.515. The summed E-state index contributed by atoms with van der Waals surface area (Å²) in [6.45, 7) is 3.79. The van der Waals surface area contributed by atoms with Crippen LogP contribution < -0.4 is 20.7 Å². The molecule has 1 aliphatic heterocycles. The summed E-state index contributed by atoms with van der Waals surface area (Å²) in [5.41, 5.74) is 1.88. The van der Waals surface area contributed by atoms with E-state index in [2.05, 4.69) is 16.0 Å². The highest BCUT2D eigenvalue weighted by Gasteiger charge is 2.29. The van der Waals surface area contributed by atoms with Crippen molar-refractivity contribution in [2.45, 2.75) is 76.6 Å². The number of aliphatic hydroxyl groups excluding tert-OH is 1. The average Bonchev–Trinajstić information content (AvgIpc) is 3.03. The molecule has 11 nitrogen and oxygen atoms in total. The number of aliphatic hydroxyl groups is 1. The van der Waals surface area contributed by atoms with Gasteiger partial charge in [-0.25, -0.2) is 0 Å². The topological polar surface area (TPSA) is 146 Å². The van der Waals surface area contributed by atoms with E-state index in [9.17, 15) is 24.3 Å². The maximum atomic E-state index is 13.6. The molecule has 0 aromatic heterocycles. The van der Waals surface area contributed by atoms with E-state index in [-0.39, 0.29) is 31.9 Å².